The molecule has 0 spiro atoms. The molecule has 18 heteroatoms. The minimum Gasteiger partial charge on any atom is -0.376 e. The van der Waals surface area contributed by atoms with Crippen molar-refractivity contribution in [2.24, 2.45) is 5.92 Å². The number of halogens is 2. The normalized spacial score (nSPS) is 23.2. The largest absolute Gasteiger partial charge is 0.438 e. The van der Waals surface area contributed by atoms with E-state index in [1.165, 1.54) is 23.0 Å². The van der Waals surface area contributed by atoms with E-state index >= 15 is 13.6 Å². The maximum Gasteiger partial charge on any atom is 0.438 e. The molecule has 2 N–H and O–H groups in total. The Morgan fingerprint density at radius 2 is 1.66 bits per heavy atom. The molecule has 4 aliphatic rings. The number of rotatable bonds is 9. The number of hydrogen-bond donors (Lipinski definition) is 2. The van der Waals surface area contributed by atoms with Crippen molar-refractivity contribution in [3.8, 4) is 17.2 Å². The van der Waals surface area contributed by atoms with Crippen molar-refractivity contribution in [2.75, 3.05) is 13.2 Å². The average molecular weight is 946 g/mol. The van der Waals surface area contributed by atoms with E-state index in [4.69, 9.17) is 19.1 Å². The van der Waals surface area contributed by atoms with E-state index in [0.717, 1.165) is 39.9 Å². The van der Waals surface area contributed by atoms with Gasteiger partial charge in [-0.25, -0.2) is 32.0 Å². The number of aryl methyl sites for hydroxylation is 3. The Morgan fingerprint density at radius 1 is 0.941 bits per heavy atom. The van der Waals surface area contributed by atoms with E-state index in [2.05, 4.69) is 42.2 Å². The molecule has 3 fully saturated rings. The number of ether oxygens (including phenoxy) is 1. The third-order valence-electron chi connectivity index (χ3n) is 14.9. The van der Waals surface area contributed by atoms with E-state index in [1.54, 1.807) is 42.5 Å². The van der Waals surface area contributed by atoms with Crippen LogP contribution in [0, 0.1) is 43.1 Å². The minimum atomic E-state index is -3.23. The molecule has 15 nitrogen and oxygen atoms in total. The highest BCUT2D eigenvalue weighted by Crippen LogP contribution is 2.56. The third kappa shape index (κ3) is 6.79. The number of imidazole rings is 1. The van der Waals surface area contributed by atoms with Crippen LogP contribution in [0.1, 0.15) is 122 Å². The van der Waals surface area contributed by atoms with Crippen LogP contribution in [-0.4, -0.2) is 72.6 Å². The molecule has 354 valence electrons. The summed E-state index contributed by atoms with van der Waals surface area (Å²) in [7, 11) is -3.23. The van der Waals surface area contributed by atoms with Crippen molar-refractivity contribution < 1.29 is 27.0 Å². The molecule has 2 aliphatic heterocycles. The van der Waals surface area contributed by atoms with Gasteiger partial charge in [0, 0.05) is 53.7 Å². The van der Waals surface area contributed by atoms with Gasteiger partial charge in [-0.1, -0.05) is 18.1 Å². The van der Waals surface area contributed by atoms with Gasteiger partial charge < -0.3 is 14.2 Å². The number of nitrogens with one attached hydrogen (secondary N) is 2. The first-order chi connectivity index (χ1) is 32.3. The van der Waals surface area contributed by atoms with Crippen molar-refractivity contribution in [2.45, 2.75) is 120 Å². The van der Waals surface area contributed by atoms with Crippen LogP contribution < -0.4 is 11.4 Å². The molecule has 11 rings (SSSR count). The fourth-order valence-electron chi connectivity index (χ4n) is 11.2. The lowest BCUT2D eigenvalue weighted by atomic mass is 9.83. The lowest BCUT2D eigenvalue weighted by Gasteiger charge is -2.35. The van der Waals surface area contributed by atoms with Gasteiger partial charge >= 0.3 is 11.4 Å². The molecule has 0 bridgehead atoms. The smallest absolute Gasteiger partial charge is 0.376 e. The van der Waals surface area contributed by atoms with Crippen LogP contribution in [-0.2, 0) is 26.4 Å². The molecule has 6 heterocycles. The average Bonchev–Trinajstić information content (AvgIpc) is 4.03. The van der Waals surface area contributed by atoms with Crippen LogP contribution in [0.25, 0.3) is 28.1 Å². The summed E-state index contributed by atoms with van der Waals surface area (Å²) in [6.45, 7) is 14.0. The first-order valence-corrected chi connectivity index (χ1v) is 24.9. The fraction of sp³-hybridized carbons (Fsp3) is 0.420. The Kier molecular flexibility index (Phi) is 9.93. The van der Waals surface area contributed by atoms with Crippen molar-refractivity contribution in [1.82, 2.24) is 38.5 Å². The third-order valence-corrected chi connectivity index (χ3v) is 17.4. The summed E-state index contributed by atoms with van der Waals surface area (Å²) < 4.78 is 70.5. The lowest BCUT2D eigenvalue weighted by molar-refractivity contribution is -0.0592. The number of aromatic amines is 1. The standard InChI is InChI=1S/C50H53F2N9O6S/c1-26-20-39(36(51)23-41(26)68(53,65)35-9-10-35)58-15-16-59(48(58)64)44-42-30(5)57(14-12-37(42)55-61(44)34-18-27(2)43(52)28(3)19-34)45(62)40-22-33-21-31(32-13-17-66-49(6,7)25-32)8-11-38(33)60(40)50(24-29(50)4)46-54-47(63)67-56-46/h8,11,15-16,18-23,29-30,32,35,53H,9-10,12-14,17,24-25H2,1-7H3,(H,54,56,63)/t29-,30-,32-,50-,68-/m0/s1. The zero-order chi connectivity index (χ0) is 47.9. The Bertz CT molecular complexity index is 3480. The molecule has 0 radical (unpaired) electrons. The van der Waals surface area contributed by atoms with Crippen LogP contribution in [0.5, 0.6) is 0 Å². The molecule has 2 saturated carbocycles. The summed E-state index contributed by atoms with van der Waals surface area (Å²) in [5.74, 6) is -1.28. The first-order valence-electron chi connectivity index (χ1n) is 23.2. The number of hydrogen-bond acceptors (Lipinski definition) is 9. The van der Waals surface area contributed by atoms with E-state index in [9.17, 15) is 13.8 Å². The summed E-state index contributed by atoms with van der Waals surface area (Å²) in [6, 6.07) is 13.4. The Hall–Kier alpha value is -6.40. The Morgan fingerprint density at radius 3 is 2.32 bits per heavy atom. The zero-order valence-corrected chi connectivity index (χ0v) is 39.8. The summed E-state index contributed by atoms with van der Waals surface area (Å²) in [5.41, 5.74) is 3.35. The molecule has 0 unspecified atom stereocenters. The molecule has 7 aromatic rings. The second-order valence-electron chi connectivity index (χ2n) is 20.1. The number of carbonyl (C=O) groups is 1. The lowest BCUT2D eigenvalue weighted by Crippen LogP contribution is -2.41. The highest BCUT2D eigenvalue weighted by molar-refractivity contribution is 7.93. The molecular weight excluding hydrogens is 893 g/mol. The fourth-order valence-corrected chi connectivity index (χ4v) is 13.1. The van der Waals surface area contributed by atoms with Gasteiger partial charge in [-0.2, -0.15) is 5.10 Å². The predicted octanol–water partition coefficient (Wildman–Crippen LogP) is 8.43. The van der Waals surface area contributed by atoms with Crippen molar-refractivity contribution in [3.05, 3.63) is 139 Å². The highest BCUT2D eigenvalue weighted by atomic mass is 32.2. The van der Waals surface area contributed by atoms with Crippen LogP contribution in [0.15, 0.2) is 79.9 Å². The van der Waals surface area contributed by atoms with Crippen LogP contribution in [0.2, 0.25) is 0 Å². The summed E-state index contributed by atoms with van der Waals surface area (Å²) >= 11 is 0. The molecule has 3 aromatic carbocycles. The van der Waals surface area contributed by atoms with Gasteiger partial charge in [0.05, 0.1) is 43.3 Å². The topological polar surface area (TPSA) is 179 Å². The maximum atomic E-state index is 16.1. The second kappa shape index (κ2) is 15.3. The number of nitrogens with zero attached hydrogens (tertiary/aromatic N) is 7. The number of benzene rings is 3. The van der Waals surface area contributed by atoms with Crippen LogP contribution >= 0.6 is 0 Å². The van der Waals surface area contributed by atoms with Crippen molar-refractivity contribution in [1.29, 1.82) is 4.78 Å². The van der Waals surface area contributed by atoms with Gasteiger partial charge in [-0.3, -0.25) is 23.4 Å². The molecule has 68 heavy (non-hydrogen) atoms. The second-order valence-corrected chi connectivity index (χ2v) is 22.4. The van der Waals surface area contributed by atoms with Gasteiger partial charge in [0.25, 0.3) is 5.91 Å². The van der Waals surface area contributed by atoms with Gasteiger partial charge in [0.15, 0.2) is 5.82 Å². The number of carbonyl (C=O) groups excluding carboxylic acids is 1. The Balaban J connectivity index is 1.05. The van der Waals surface area contributed by atoms with Crippen molar-refractivity contribution in [3.63, 3.8) is 0 Å². The molecule has 1 saturated heterocycles. The predicted molar refractivity (Wildman–Crippen MR) is 250 cm³/mol. The van der Waals surface area contributed by atoms with Gasteiger partial charge in [0.1, 0.15) is 28.7 Å². The minimum absolute atomic E-state index is 0.0192. The summed E-state index contributed by atoms with van der Waals surface area (Å²) in [4.78, 5) is 47.5. The van der Waals surface area contributed by atoms with E-state index in [-0.39, 0.29) is 51.5 Å². The molecular formula is C50H53F2N9O6S. The van der Waals surface area contributed by atoms with E-state index < -0.39 is 38.6 Å². The maximum absolute atomic E-state index is 16.1. The molecule has 1 amide bonds. The van der Waals surface area contributed by atoms with Gasteiger partial charge in [-0.15, -0.1) is 0 Å². The molecule has 2 aliphatic carbocycles. The summed E-state index contributed by atoms with van der Waals surface area (Å²) in [5, 5.41) is 9.77. The number of amides is 1. The molecule has 4 aromatic heterocycles. The zero-order valence-electron chi connectivity index (χ0n) is 39.0. The number of fused-ring (bicyclic) bond motifs is 2. The van der Waals surface area contributed by atoms with Crippen LogP contribution in [0.3, 0.4) is 0 Å². The first kappa shape index (κ1) is 44.1. The quantitative estimate of drug-likeness (QED) is 0.145. The van der Waals surface area contributed by atoms with Crippen LogP contribution in [0.4, 0.5) is 8.78 Å². The molecule has 5 atom stereocenters. The summed E-state index contributed by atoms with van der Waals surface area (Å²) in [6.07, 6.45) is 6.85. The monoisotopic (exact) mass is 945 g/mol. The Labute approximate surface area is 390 Å². The van der Waals surface area contributed by atoms with Gasteiger partial charge in [0.2, 0.25) is 0 Å². The van der Waals surface area contributed by atoms with Crippen molar-refractivity contribution >= 4 is 26.5 Å². The number of H-pyrrole nitrogens is 1. The van der Waals surface area contributed by atoms with E-state index in [1.807, 2.05) is 24.5 Å². The van der Waals surface area contributed by atoms with Gasteiger partial charge in [-0.05, 0) is 150 Å². The number of aromatic nitrogens is 7. The SMILES string of the molecule is Cc1cc(-n2ccn(-c3c4c(nn3-c3cc(C)c(F)c(C)c3)CCN(C(=O)c3cc5cc([C@H]6CCOC(C)(C)C6)ccc5n3[C@@]3(c5noc(=O)[nH]5)C[C@@H]3C)[C@H]4C)c2=O)c(F)cc1[S@@](=N)(=O)C1CC1. The van der Waals surface area contributed by atoms with E-state index in [0.29, 0.717) is 83.3 Å². The highest BCUT2D eigenvalue weighted by Gasteiger charge is 2.59.